The minimum Gasteiger partial charge on any atom is -0.419 e. The van der Waals surface area contributed by atoms with Crippen molar-refractivity contribution in [2.45, 2.75) is 32.4 Å². The number of hydrogen-bond acceptors (Lipinski definition) is 6. The van der Waals surface area contributed by atoms with Crippen molar-refractivity contribution in [1.82, 2.24) is 20.1 Å². The Bertz CT molecular complexity index is 1230. The van der Waals surface area contributed by atoms with Gasteiger partial charge in [0.15, 0.2) is 0 Å². The van der Waals surface area contributed by atoms with Crippen LogP contribution in [0.4, 0.5) is 0 Å². The van der Waals surface area contributed by atoms with Crippen LogP contribution < -0.4 is 0 Å². The number of halogens is 1. The first-order valence-electron chi connectivity index (χ1n) is 9.99. The lowest BCUT2D eigenvalue weighted by Gasteiger charge is -2.19. The van der Waals surface area contributed by atoms with E-state index in [1.54, 1.807) is 11.0 Å². The Morgan fingerprint density at radius 1 is 1.16 bits per heavy atom. The largest absolute Gasteiger partial charge is 0.419 e. The quantitative estimate of drug-likeness (QED) is 0.381. The van der Waals surface area contributed by atoms with Crippen molar-refractivity contribution in [3.05, 3.63) is 76.1 Å². The molecule has 31 heavy (non-hydrogen) atoms. The summed E-state index contributed by atoms with van der Waals surface area (Å²) >= 11 is 7.70. The molecule has 0 atom stereocenters. The van der Waals surface area contributed by atoms with Gasteiger partial charge < -0.3 is 9.32 Å². The van der Waals surface area contributed by atoms with Gasteiger partial charge in [0.05, 0.1) is 17.1 Å². The molecule has 0 unspecified atom stereocenters. The van der Waals surface area contributed by atoms with Crippen LogP contribution in [0.2, 0.25) is 5.02 Å². The first kappa shape index (κ1) is 19.9. The normalized spacial score (nSPS) is 13.4. The molecule has 0 radical (unpaired) electrons. The SMILES string of the molecule is Cc1ccc(-c2nc(C(=O)N(Cc3nnc(-c4ccccc4Cl)o3)C3CC3)cs2)cc1. The fourth-order valence-corrected chi connectivity index (χ4v) is 4.32. The molecule has 1 fully saturated rings. The predicted octanol–water partition coefficient (Wildman–Crippen LogP) is 5.63. The third-order valence-electron chi connectivity index (χ3n) is 5.15. The zero-order chi connectivity index (χ0) is 21.4. The number of rotatable bonds is 6. The smallest absolute Gasteiger partial charge is 0.274 e. The maximum atomic E-state index is 13.2. The predicted molar refractivity (Wildman–Crippen MR) is 120 cm³/mol. The van der Waals surface area contributed by atoms with Gasteiger partial charge in [-0.1, -0.05) is 53.6 Å². The van der Waals surface area contributed by atoms with E-state index >= 15 is 0 Å². The number of hydrogen-bond donors (Lipinski definition) is 0. The third-order valence-corrected chi connectivity index (χ3v) is 6.37. The molecule has 8 heteroatoms. The Morgan fingerprint density at radius 2 is 1.94 bits per heavy atom. The van der Waals surface area contributed by atoms with Gasteiger partial charge in [0.2, 0.25) is 11.8 Å². The van der Waals surface area contributed by atoms with Crippen LogP contribution in [0.1, 0.15) is 34.8 Å². The van der Waals surface area contributed by atoms with Gasteiger partial charge in [0.25, 0.3) is 5.91 Å². The van der Waals surface area contributed by atoms with Gasteiger partial charge in [0.1, 0.15) is 10.7 Å². The summed E-state index contributed by atoms with van der Waals surface area (Å²) in [6.07, 6.45) is 1.93. The van der Waals surface area contributed by atoms with Crippen molar-refractivity contribution in [3.63, 3.8) is 0 Å². The molecule has 156 valence electrons. The number of carbonyl (C=O) groups is 1. The molecule has 5 rings (SSSR count). The van der Waals surface area contributed by atoms with Crippen molar-refractivity contribution in [3.8, 4) is 22.0 Å². The highest BCUT2D eigenvalue weighted by molar-refractivity contribution is 7.13. The van der Waals surface area contributed by atoms with E-state index in [4.69, 9.17) is 16.0 Å². The number of thiazole rings is 1. The molecule has 0 spiro atoms. The summed E-state index contributed by atoms with van der Waals surface area (Å²) in [6, 6.07) is 15.6. The van der Waals surface area contributed by atoms with Gasteiger partial charge in [-0.05, 0) is 31.9 Å². The van der Waals surface area contributed by atoms with E-state index in [-0.39, 0.29) is 18.5 Å². The Hall–Kier alpha value is -3.03. The van der Waals surface area contributed by atoms with Crippen LogP contribution in [-0.2, 0) is 6.54 Å². The number of aryl methyl sites for hydroxylation is 1. The number of nitrogens with zero attached hydrogens (tertiary/aromatic N) is 4. The molecule has 0 aliphatic heterocycles. The zero-order valence-corrected chi connectivity index (χ0v) is 18.4. The van der Waals surface area contributed by atoms with Crippen LogP contribution in [0.25, 0.3) is 22.0 Å². The van der Waals surface area contributed by atoms with Gasteiger partial charge in [-0.15, -0.1) is 21.5 Å². The molecule has 0 saturated heterocycles. The van der Waals surface area contributed by atoms with Crippen LogP contribution >= 0.6 is 22.9 Å². The Balaban J connectivity index is 1.36. The van der Waals surface area contributed by atoms with Gasteiger partial charge in [-0.3, -0.25) is 4.79 Å². The average Bonchev–Trinajstić information content (AvgIpc) is 3.31. The molecule has 1 aliphatic rings. The summed E-state index contributed by atoms with van der Waals surface area (Å²) < 4.78 is 5.81. The van der Waals surface area contributed by atoms with Crippen LogP contribution in [0.15, 0.2) is 58.3 Å². The van der Waals surface area contributed by atoms with Crippen LogP contribution in [0.3, 0.4) is 0 Å². The first-order chi connectivity index (χ1) is 15.1. The van der Waals surface area contributed by atoms with Gasteiger partial charge in [-0.2, -0.15) is 0 Å². The van der Waals surface area contributed by atoms with Crippen molar-refractivity contribution >= 4 is 28.8 Å². The van der Waals surface area contributed by atoms with Crippen molar-refractivity contribution in [1.29, 1.82) is 0 Å². The number of carbonyl (C=O) groups excluding carboxylic acids is 1. The fraction of sp³-hybridized carbons (Fsp3) is 0.217. The van der Waals surface area contributed by atoms with Gasteiger partial charge in [-0.25, -0.2) is 4.98 Å². The molecule has 1 saturated carbocycles. The molecule has 1 aliphatic carbocycles. The number of aromatic nitrogens is 3. The summed E-state index contributed by atoms with van der Waals surface area (Å²) in [4.78, 5) is 19.6. The summed E-state index contributed by atoms with van der Waals surface area (Å²) in [6.45, 7) is 2.29. The van der Waals surface area contributed by atoms with E-state index in [1.165, 1.54) is 16.9 Å². The monoisotopic (exact) mass is 450 g/mol. The molecule has 0 bridgehead atoms. The molecule has 2 aromatic heterocycles. The molecule has 2 heterocycles. The second-order valence-corrected chi connectivity index (χ2v) is 8.81. The highest BCUT2D eigenvalue weighted by atomic mass is 35.5. The van der Waals surface area contributed by atoms with Crippen LogP contribution in [0, 0.1) is 6.92 Å². The van der Waals surface area contributed by atoms with Crippen LogP contribution in [0.5, 0.6) is 0 Å². The molecule has 4 aromatic rings. The lowest BCUT2D eigenvalue weighted by Crippen LogP contribution is -2.33. The molecule has 0 N–H and O–H groups in total. The molecule has 1 amide bonds. The Morgan fingerprint density at radius 3 is 2.68 bits per heavy atom. The first-order valence-corrected chi connectivity index (χ1v) is 11.2. The highest BCUT2D eigenvalue weighted by Crippen LogP contribution is 2.32. The Kier molecular flexibility index (Phi) is 5.29. The van der Waals surface area contributed by atoms with E-state index in [2.05, 4.69) is 15.2 Å². The van der Waals surface area contributed by atoms with Crippen molar-refractivity contribution < 1.29 is 9.21 Å². The van der Waals surface area contributed by atoms with Crippen molar-refractivity contribution in [2.75, 3.05) is 0 Å². The topological polar surface area (TPSA) is 72.1 Å². The summed E-state index contributed by atoms with van der Waals surface area (Å²) in [5.74, 6) is 0.609. The number of benzene rings is 2. The third kappa shape index (κ3) is 4.24. The lowest BCUT2D eigenvalue weighted by atomic mass is 10.2. The average molecular weight is 451 g/mol. The highest BCUT2D eigenvalue weighted by Gasteiger charge is 2.35. The Labute approximate surface area is 188 Å². The van der Waals surface area contributed by atoms with Crippen molar-refractivity contribution in [2.24, 2.45) is 0 Å². The molecule has 2 aromatic carbocycles. The second kappa shape index (κ2) is 8.24. The van der Waals surface area contributed by atoms with E-state index in [9.17, 15) is 4.79 Å². The fourth-order valence-electron chi connectivity index (χ4n) is 3.31. The molecular formula is C23H19ClN4O2S. The van der Waals surface area contributed by atoms with Crippen LogP contribution in [-0.4, -0.2) is 32.0 Å². The van der Waals surface area contributed by atoms with E-state index in [0.717, 1.165) is 23.4 Å². The summed E-state index contributed by atoms with van der Waals surface area (Å²) in [5.41, 5.74) is 3.31. The van der Waals surface area contributed by atoms with E-state index in [0.29, 0.717) is 28.1 Å². The second-order valence-electron chi connectivity index (χ2n) is 7.55. The maximum Gasteiger partial charge on any atom is 0.274 e. The van der Waals surface area contributed by atoms with E-state index < -0.39 is 0 Å². The molecular weight excluding hydrogens is 432 g/mol. The van der Waals surface area contributed by atoms with Gasteiger partial charge in [0, 0.05) is 17.0 Å². The summed E-state index contributed by atoms with van der Waals surface area (Å²) in [5, 5.41) is 11.4. The summed E-state index contributed by atoms with van der Waals surface area (Å²) in [7, 11) is 0. The van der Waals surface area contributed by atoms with Gasteiger partial charge >= 0.3 is 0 Å². The maximum absolute atomic E-state index is 13.2. The zero-order valence-electron chi connectivity index (χ0n) is 16.8. The lowest BCUT2D eigenvalue weighted by molar-refractivity contribution is 0.0709. The minimum absolute atomic E-state index is 0.116. The molecule has 6 nitrogen and oxygen atoms in total. The van der Waals surface area contributed by atoms with E-state index in [1.807, 2.05) is 54.8 Å². The number of amides is 1. The minimum atomic E-state index is -0.116. The standard InChI is InChI=1S/C23H19ClN4O2S/c1-14-6-8-15(9-7-14)22-25-19(13-31-22)23(29)28(16-10-11-16)12-20-26-27-21(30-20)17-4-2-3-5-18(17)24/h2-9,13,16H,10-12H2,1H3.